The van der Waals surface area contributed by atoms with Gasteiger partial charge in [-0.3, -0.25) is 9.59 Å². The highest BCUT2D eigenvalue weighted by atomic mass is 16.5. The molecule has 0 aromatic heterocycles. The van der Waals surface area contributed by atoms with E-state index < -0.39 is 0 Å². The third kappa shape index (κ3) is 7.31. The molecule has 1 amide bonds. The van der Waals surface area contributed by atoms with E-state index in [2.05, 4.69) is 5.32 Å². The standard InChI is InChI=1S/C9H17NO3/c1-6(2)13-9(12)5-7(3)10-8(4)11/h6-7H,5H2,1-4H3,(H,10,11). The van der Waals surface area contributed by atoms with E-state index >= 15 is 0 Å². The van der Waals surface area contributed by atoms with Crippen LogP contribution in [0.1, 0.15) is 34.1 Å². The van der Waals surface area contributed by atoms with E-state index in [-0.39, 0.29) is 30.4 Å². The Kier molecular flexibility index (Phi) is 5.11. The van der Waals surface area contributed by atoms with Gasteiger partial charge < -0.3 is 10.1 Å². The highest BCUT2D eigenvalue weighted by Crippen LogP contribution is 1.97. The zero-order chi connectivity index (χ0) is 10.4. The lowest BCUT2D eigenvalue weighted by Gasteiger charge is -2.13. The summed E-state index contributed by atoms with van der Waals surface area (Å²) in [6, 6.07) is -0.163. The van der Waals surface area contributed by atoms with Crippen molar-refractivity contribution in [3.8, 4) is 0 Å². The smallest absolute Gasteiger partial charge is 0.308 e. The van der Waals surface area contributed by atoms with Crippen molar-refractivity contribution in [3.63, 3.8) is 0 Å². The summed E-state index contributed by atoms with van der Waals surface area (Å²) in [5, 5.41) is 2.61. The summed E-state index contributed by atoms with van der Waals surface area (Å²) in [5.41, 5.74) is 0. The van der Waals surface area contributed by atoms with Gasteiger partial charge in [0.15, 0.2) is 0 Å². The lowest BCUT2D eigenvalue weighted by atomic mass is 10.2. The molecule has 4 heteroatoms. The molecule has 0 saturated carbocycles. The molecule has 76 valence electrons. The summed E-state index contributed by atoms with van der Waals surface area (Å²) in [6.45, 7) is 6.77. The van der Waals surface area contributed by atoms with Crippen LogP contribution >= 0.6 is 0 Å². The molecular formula is C9H17NO3. The first kappa shape index (κ1) is 11.9. The molecule has 0 bridgehead atoms. The molecule has 0 aliphatic carbocycles. The molecule has 0 aliphatic rings. The second-order valence-corrected chi connectivity index (χ2v) is 3.34. The zero-order valence-electron chi connectivity index (χ0n) is 8.59. The number of esters is 1. The Morgan fingerprint density at radius 2 is 1.85 bits per heavy atom. The summed E-state index contributed by atoms with van der Waals surface area (Å²) in [6.07, 6.45) is 0.120. The van der Waals surface area contributed by atoms with Crippen LogP contribution in [0.25, 0.3) is 0 Å². The average Bonchev–Trinajstić information content (AvgIpc) is 1.80. The van der Waals surface area contributed by atoms with Crippen molar-refractivity contribution in [3.05, 3.63) is 0 Å². The van der Waals surface area contributed by atoms with Crippen molar-refractivity contribution in [1.29, 1.82) is 0 Å². The normalized spacial score (nSPS) is 12.4. The molecule has 1 unspecified atom stereocenters. The van der Waals surface area contributed by atoms with E-state index in [0.717, 1.165) is 0 Å². The third-order valence-corrected chi connectivity index (χ3v) is 1.29. The number of carbonyl (C=O) groups excluding carboxylic acids is 2. The van der Waals surface area contributed by atoms with Gasteiger partial charge in [0.25, 0.3) is 0 Å². The SMILES string of the molecule is CC(=O)NC(C)CC(=O)OC(C)C. The fourth-order valence-electron chi connectivity index (χ4n) is 0.959. The first-order valence-corrected chi connectivity index (χ1v) is 4.38. The van der Waals surface area contributed by atoms with Gasteiger partial charge >= 0.3 is 5.97 Å². The largest absolute Gasteiger partial charge is 0.463 e. The molecular weight excluding hydrogens is 170 g/mol. The van der Waals surface area contributed by atoms with Gasteiger partial charge in [-0.2, -0.15) is 0 Å². The molecule has 1 N–H and O–H groups in total. The van der Waals surface area contributed by atoms with Gasteiger partial charge in [-0.05, 0) is 20.8 Å². The molecule has 4 nitrogen and oxygen atoms in total. The lowest BCUT2D eigenvalue weighted by Crippen LogP contribution is -2.33. The van der Waals surface area contributed by atoms with Crippen LogP contribution in [0.15, 0.2) is 0 Å². The van der Waals surface area contributed by atoms with Crippen LogP contribution in [-0.2, 0) is 14.3 Å². The molecule has 0 aliphatic heterocycles. The first-order chi connectivity index (χ1) is 5.91. The van der Waals surface area contributed by atoms with Gasteiger partial charge in [0, 0.05) is 13.0 Å². The molecule has 0 aromatic carbocycles. The second-order valence-electron chi connectivity index (χ2n) is 3.34. The van der Waals surface area contributed by atoms with Crippen LogP contribution in [0.5, 0.6) is 0 Å². The minimum atomic E-state index is -0.281. The van der Waals surface area contributed by atoms with Crippen LogP contribution < -0.4 is 5.32 Å². The zero-order valence-corrected chi connectivity index (χ0v) is 8.59. The first-order valence-electron chi connectivity index (χ1n) is 4.38. The maximum Gasteiger partial charge on any atom is 0.308 e. The molecule has 0 aromatic rings. The fraction of sp³-hybridized carbons (Fsp3) is 0.778. The molecule has 0 heterocycles. The van der Waals surface area contributed by atoms with Gasteiger partial charge in [-0.15, -0.1) is 0 Å². The van der Waals surface area contributed by atoms with E-state index in [1.807, 2.05) is 0 Å². The molecule has 13 heavy (non-hydrogen) atoms. The minimum Gasteiger partial charge on any atom is -0.463 e. The van der Waals surface area contributed by atoms with Gasteiger partial charge in [-0.25, -0.2) is 0 Å². The summed E-state index contributed by atoms with van der Waals surface area (Å²) in [5.74, 6) is -0.416. The molecule has 0 fully saturated rings. The number of ether oxygens (including phenoxy) is 1. The van der Waals surface area contributed by atoms with Crippen LogP contribution in [0, 0.1) is 0 Å². The van der Waals surface area contributed by atoms with Crippen molar-refractivity contribution in [2.24, 2.45) is 0 Å². The molecule has 1 atom stereocenters. The number of hydrogen-bond acceptors (Lipinski definition) is 3. The highest BCUT2D eigenvalue weighted by Gasteiger charge is 2.11. The number of hydrogen-bond donors (Lipinski definition) is 1. The van der Waals surface area contributed by atoms with Gasteiger partial charge in [0.1, 0.15) is 0 Å². The summed E-state index contributed by atoms with van der Waals surface area (Å²) in [7, 11) is 0. The topological polar surface area (TPSA) is 55.4 Å². The Bertz CT molecular complexity index is 189. The van der Waals surface area contributed by atoms with E-state index in [0.29, 0.717) is 0 Å². The van der Waals surface area contributed by atoms with Crippen molar-refractivity contribution in [2.45, 2.75) is 46.3 Å². The predicted molar refractivity (Wildman–Crippen MR) is 49.1 cm³/mol. The minimum absolute atomic E-state index is 0.1000. The van der Waals surface area contributed by atoms with Gasteiger partial charge in [-0.1, -0.05) is 0 Å². The van der Waals surface area contributed by atoms with E-state index in [1.165, 1.54) is 6.92 Å². The van der Waals surface area contributed by atoms with Gasteiger partial charge in [0.05, 0.1) is 12.5 Å². The number of nitrogens with one attached hydrogen (secondary N) is 1. The predicted octanol–water partition coefficient (Wildman–Crippen LogP) is 0.853. The monoisotopic (exact) mass is 187 g/mol. The van der Waals surface area contributed by atoms with Crippen LogP contribution in [0.3, 0.4) is 0 Å². The molecule has 0 radical (unpaired) electrons. The van der Waals surface area contributed by atoms with E-state index in [4.69, 9.17) is 4.74 Å². The van der Waals surface area contributed by atoms with Crippen molar-refractivity contribution >= 4 is 11.9 Å². The summed E-state index contributed by atoms with van der Waals surface area (Å²) >= 11 is 0. The average molecular weight is 187 g/mol. The van der Waals surface area contributed by atoms with Crippen LogP contribution in [0.2, 0.25) is 0 Å². The Morgan fingerprint density at radius 1 is 1.31 bits per heavy atom. The Balaban J connectivity index is 3.71. The number of rotatable bonds is 4. The Labute approximate surface area is 78.6 Å². The van der Waals surface area contributed by atoms with Crippen molar-refractivity contribution in [2.75, 3.05) is 0 Å². The summed E-state index contributed by atoms with van der Waals surface area (Å²) in [4.78, 5) is 21.7. The quantitative estimate of drug-likeness (QED) is 0.664. The summed E-state index contributed by atoms with van der Waals surface area (Å²) < 4.78 is 4.91. The van der Waals surface area contributed by atoms with E-state index in [9.17, 15) is 9.59 Å². The van der Waals surface area contributed by atoms with Crippen LogP contribution in [-0.4, -0.2) is 24.0 Å². The lowest BCUT2D eigenvalue weighted by molar-refractivity contribution is -0.147. The van der Waals surface area contributed by atoms with Gasteiger partial charge in [0.2, 0.25) is 5.91 Å². The highest BCUT2D eigenvalue weighted by molar-refractivity contribution is 5.75. The maximum absolute atomic E-state index is 11.1. The fourth-order valence-corrected chi connectivity index (χ4v) is 0.959. The van der Waals surface area contributed by atoms with Crippen molar-refractivity contribution < 1.29 is 14.3 Å². The molecule has 0 saturated heterocycles. The number of amides is 1. The van der Waals surface area contributed by atoms with Crippen LogP contribution in [0.4, 0.5) is 0 Å². The van der Waals surface area contributed by atoms with Crippen molar-refractivity contribution in [1.82, 2.24) is 5.32 Å². The second kappa shape index (κ2) is 5.56. The Morgan fingerprint density at radius 3 is 2.23 bits per heavy atom. The Hall–Kier alpha value is -1.06. The number of carbonyl (C=O) groups is 2. The van der Waals surface area contributed by atoms with E-state index in [1.54, 1.807) is 20.8 Å². The molecule has 0 spiro atoms. The molecule has 0 rings (SSSR count). The third-order valence-electron chi connectivity index (χ3n) is 1.29. The maximum atomic E-state index is 11.1.